The molecule has 0 spiro atoms. The van der Waals surface area contributed by atoms with Gasteiger partial charge in [-0.05, 0) is 42.9 Å². The molecule has 2 aromatic rings. The molecule has 7 heteroatoms. The van der Waals surface area contributed by atoms with Crippen LogP contribution in [0.3, 0.4) is 0 Å². The predicted molar refractivity (Wildman–Crippen MR) is 93.7 cm³/mol. The molecule has 1 fully saturated rings. The molecule has 5 nitrogen and oxygen atoms in total. The molecule has 4 heterocycles. The molecule has 122 valence electrons. The summed E-state index contributed by atoms with van der Waals surface area (Å²) in [6, 6.07) is 2.27. The maximum atomic E-state index is 12.0. The molecular weight excluding hydrogens is 328 g/mol. The van der Waals surface area contributed by atoms with Crippen LogP contribution in [0.15, 0.2) is 11.4 Å². The second kappa shape index (κ2) is 6.22. The summed E-state index contributed by atoms with van der Waals surface area (Å²) in [5.74, 6) is 0.188. The van der Waals surface area contributed by atoms with Gasteiger partial charge in [-0.3, -0.25) is 9.69 Å². The largest absolute Gasteiger partial charge is 0.375 e. The van der Waals surface area contributed by atoms with Crippen molar-refractivity contribution in [3.05, 3.63) is 32.5 Å². The molecule has 2 aromatic heterocycles. The summed E-state index contributed by atoms with van der Waals surface area (Å²) in [5, 5.41) is 5.75. The zero-order valence-corrected chi connectivity index (χ0v) is 14.5. The van der Waals surface area contributed by atoms with Crippen LogP contribution in [0.5, 0.6) is 0 Å². The van der Waals surface area contributed by atoms with E-state index in [1.54, 1.807) is 11.3 Å². The van der Waals surface area contributed by atoms with E-state index in [9.17, 15) is 4.79 Å². The Morgan fingerprint density at radius 2 is 2.22 bits per heavy atom. The zero-order chi connectivity index (χ0) is 15.8. The minimum atomic E-state index is 0.0910. The van der Waals surface area contributed by atoms with Crippen LogP contribution in [0.25, 0.3) is 0 Å². The fraction of sp³-hybridized carbons (Fsp3) is 0.500. The number of hydrogen-bond donors (Lipinski definition) is 2. The van der Waals surface area contributed by atoms with Gasteiger partial charge in [-0.25, -0.2) is 4.98 Å². The van der Waals surface area contributed by atoms with Crippen LogP contribution in [0.1, 0.15) is 46.2 Å². The number of hydrogen-bond acceptors (Lipinski definition) is 6. The highest BCUT2D eigenvalue weighted by molar-refractivity contribution is 7.16. The first kappa shape index (κ1) is 15.1. The van der Waals surface area contributed by atoms with Gasteiger partial charge >= 0.3 is 0 Å². The minimum absolute atomic E-state index is 0.0910. The smallest absolute Gasteiger partial charge is 0.221 e. The number of nitrogens with two attached hydrogens (primary N) is 1. The molecule has 0 aliphatic carbocycles. The van der Waals surface area contributed by atoms with Crippen molar-refractivity contribution in [1.29, 1.82) is 0 Å². The first-order valence-electron chi connectivity index (χ1n) is 8.00. The lowest BCUT2D eigenvalue weighted by atomic mass is 10.0. The summed E-state index contributed by atoms with van der Waals surface area (Å²) in [4.78, 5) is 21.3. The van der Waals surface area contributed by atoms with Crippen LogP contribution in [0, 0.1) is 0 Å². The Balaban J connectivity index is 1.60. The number of thiazole rings is 1. The first-order valence-corrected chi connectivity index (χ1v) is 9.70. The fourth-order valence-electron chi connectivity index (χ4n) is 3.40. The number of thiophene rings is 1. The van der Waals surface area contributed by atoms with Crippen molar-refractivity contribution in [1.82, 2.24) is 15.2 Å². The highest BCUT2D eigenvalue weighted by Crippen LogP contribution is 2.39. The Bertz CT molecular complexity index is 717. The lowest BCUT2D eigenvalue weighted by molar-refractivity contribution is -0.121. The quantitative estimate of drug-likeness (QED) is 0.894. The number of fused-ring (bicyclic) bond motifs is 1. The Morgan fingerprint density at radius 1 is 1.39 bits per heavy atom. The Hall–Kier alpha value is -1.44. The van der Waals surface area contributed by atoms with E-state index in [1.165, 1.54) is 47.7 Å². The highest BCUT2D eigenvalue weighted by atomic mass is 32.1. The molecule has 2 aliphatic heterocycles. The van der Waals surface area contributed by atoms with E-state index in [0.29, 0.717) is 18.1 Å². The van der Waals surface area contributed by atoms with Crippen LogP contribution < -0.4 is 11.1 Å². The number of nitrogens with zero attached hydrogens (tertiary/aromatic N) is 2. The topological polar surface area (TPSA) is 71.2 Å². The number of nitrogens with one attached hydrogen (secondary N) is 1. The van der Waals surface area contributed by atoms with Crippen LogP contribution in [0.2, 0.25) is 0 Å². The monoisotopic (exact) mass is 348 g/mol. The van der Waals surface area contributed by atoms with Gasteiger partial charge in [0.25, 0.3) is 0 Å². The van der Waals surface area contributed by atoms with Crippen LogP contribution >= 0.6 is 22.7 Å². The van der Waals surface area contributed by atoms with Crippen LogP contribution in [-0.2, 0) is 17.9 Å². The molecule has 0 bridgehead atoms. The lowest BCUT2D eigenvalue weighted by Crippen LogP contribution is -2.21. The molecule has 3 N–H and O–H groups in total. The summed E-state index contributed by atoms with van der Waals surface area (Å²) < 4.78 is 0. The van der Waals surface area contributed by atoms with Crippen molar-refractivity contribution in [2.75, 3.05) is 18.8 Å². The van der Waals surface area contributed by atoms with Crippen molar-refractivity contribution in [3.8, 4) is 0 Å². The van der Waals surface area contributed by atoms with Crippen molar-refractivity contribution >= 4 is 33.7 Å². The summed E-state index contributed by atoms with van der Waals surface area (Å²) >= 11 is 3.28. The van der Waals surface area contributed by atoms with E-state index in [4.69, 9.17) is 5.73 Å². The number of carbonyl (C=O) groups is 1. The number of aromatic nitrogens is 1. The third-order valence-corrected chi connectivity index (χ3v) is 6.66. The van der Waals surface area contributed by atoms with Gasteiger partial charge in [0.15, 0.2) is 5.13 Å². The summed E-state index contributed by atoms with van der Waals surface area (Å²) in [6.07, 6.45) is 3.10. The highest BCUT2D eigenvalue weighted by Gasteiger charge is 2.28. The van der Waals surface area contributed by atoms with Crippen LogP contribution in [-0.4, -0.2) is 28.9 Å². The van der Waals surface area contributed by atoms with E-state index >= 15 is 0 Å². The minimum Gasteiger partial charge on any atom is -0.375 e. The molecule has 4 rings (SSSR count). The molecule has 23 heavy (non-hydrogen) atoms. The molecule has 0 radical (unpaired) electrons. The predicted octanol–water partition coefficient (Wildman–Crippen LogP) is 2.53. The van der Waals surface area contributed by atoms with Gasteiger partial charge < -0.3 is 11.1 Å². The second-order valence-electron chi connectivity index (χ2n) is 6.24. The van der Waals surface area contributed by atoms with E-state index in [0.717, 1.165) is 17.1 Å². The standard InChI is InChI=1S/C16H20N4OS2/c17-16-19-12-7-18-14(21)6-11(15(12)23-16)13-5-10(9-22-13)8-20-3-1-2-4-20/h5,9,11H,1-4,6-8H2,(H2,17,19)(H,18,21). The molecule has 1 amide bonds. The fourth-order valence-corrected chi connectivity index (χ4v) is 5.46. The van der Waals surface area contributed by atoms with E-state index in [-0.39, 0.29) is 11.8 Å². The van der Waals surface area contributed by atoms with Crippen molar-refractivity contribution in [2.45, 2.75) is 38.3 Å². The lowest BCUT2D eigenvalue weighted by Gasteiger charge is -2.13. The Labute approximate surface area is 143 Å². The molecular formula is C16H20N4OS2. The molecule has 2 aliphatic rings. The van der Waals surface area contributed by atoms with Gasteiger partial charge in [0.2, 0.25) is 5.91 Å². The van der Waals surface area contributed by atoms with E-state index in [1.807, 2.05) is 0 Å². The van der Waals surface area contributed by atoms with Gasteiger partial charge in [0.05, 0.1) is 12.2 Å². The number of carbonyl (C=O) groups excluding carboxylic acids is 1. The molecule has 1 unspecified atom stereocenters. The Kier molecular flexibility index (Phi) is 4.09. The van der Waals surface area contributed by atoms with Gasteiger partial charge in [0, 0.05) is 28.6 Å². The molecule has 1 atom stereocenters. The Morgan fingerprint density at radius 3 is 3.04 bits per heavy atom. The average molecular weight is 348 g/mol. The number of anilines is 1. The summed E-state index contributed by atoms with van der Waals surface area (Å²) in [6.45, 7) is 3.91. The number of nitrogen functional groups attached to an aromatic ring is 1. The third kappa shape index (κ3) is 3.13. The van der Waals surface area contributed by atoms with Gasteiger partial charge in [-0.1, -0.05) is 0 Å². The molecule has 1 saturated heterocycles. The first-order chi connectivity index (χ1) is 11.2. The van der Waals surface area contributed by atoms with Crippen molar-refractivity contribution in [2.24, 2.45) is 0 Å². The van der Waals surface area contributed by atoms with Gasteiger partial charge in [-0.15, -0.1) is 22.7 Å². The van der Waals surface area contributed by atoms with Gasteiger partial charge in [-0.2, -0.15) is 0 Å². The summed E-state index contributed by atoms with van der Waals surface area (Å²) in [7, 11) is 0. The molecule has 0 aromatic carbocycles. The average Bonchev–Trinajstić information content (AvgIpc) is 3.24. The summed E-state index contributed by atoms with van der Waals surface area (Å²) in [5.41, 5.74) is 8.18. The normalized spacial score (nSPS) is 21.9. The SMILES string of the molecule is Nc1nc2c(s1)C(c1cc(CN3CCCC3)cs1)CC(=O)NC2. The number of rotatable bonds is 3. The van der Waals surface area contributed by atoms with Crippen LogP contribution in [0.4, 0.5) is 5.13 Å². The van der Waals surface area contributed by atoms with Gasteiger partial charge in [0.1, 0.15) is 0 Å². The number of likely N-dealkylation sites (tertiary alicyclic amines) is 1. The zero-order valence-electron chi connectivity index (χ0n) is 12.9. The number of amides is 1. The molecule has 0 saturated carbocycles. The van der Waals surface area contributed by atoms with E-state index < -0.39 is 0 Å². The maximum Gasteiger partial charge on any atom is 0.221 e. The van der Waals surface area contributed by atoms with E-state index in [2.05, 4.69) is 26.6 Å². The van der Waals surface area contributed by atoms with Crippen molar-refractivity contribution in [3.63, 3.8) is 0 Å². The van der Waals surface area contributed by atoms with Crippen molar-refractivity contribution < 1.29 is 4.79 Å². The maximum absolute atomic E-state index is 12.0. The second-order valence-corrected chi connectivity index (χ2v) is 8.24. The third-order valence-electron chi connectivity index (χ3n) is 4.53.